The summed E-state index contributed by atoms with van der Waals surface area (Å²) in [6, 6.07) is 6.23. The van der Waals surface area contributed by atoms with Gasteiger partial charge in [-0.1, -0.05) is 0 Å². The van der Waals surface area contributed by atoms with Crippen molar-refractivity contribution in [2.45, 2.75) is 30.7 Å². The van der Waals surface area contributed by atoms with Crippen LogP contribution in [-0.4, -0.2) is 82.2 Å². The standard InChI is InChI=1S/C23H24O12/c1-31-15-3-9(13-7-12(27)18-11(26)5-10(25)6-14(18)33-13)4-16(32-2)22(15)35-23-21(30)20(29)19(28)17(8-24)34-23/h3-7,17,19-21,23-26,28-30H,8H2,1-2H3/t17-,19+,20-,21-,23-/m0/s1. The Bertz CT molecular complexity index is 1260. The van der Waals surface area contributed by atoms with Crippen LogP contribution in [0.25, 0.3) is 22.3 Å². The second kappa shape index (κ2) is 9.60. The van der Waals surface area contributed by atoms with E-state index in [-0.39, 0.29) is 39.7 Å². The third-order valence-electron chi connectivity index (χ3n) is 5.62. The SMILES string of the molecule is COc1cc(-c2cc(=O)c3c(O)cc(O)cc3o2)cc(OC)c1O[C@@H]1O[C@@H](CO)[C@@H](O)[C@H](O)[C@@H]1O. The van der Waals surface area contributed by atoms with Crippen molar-refractivity contribution in [3.8, 4) is 40.1 Å². The summed E-state index contributed by atoms with van der Waals surface area (Å²) >= 11 is 0. The summed E-state index contributed by atoms with van der Waals surface area (Å²) in [5, 5.41) is 59.3. The van der Waals surface area contributed by atoms with E-state index in [1.165, 1.54) is 32.4 Å². The van der Waals surface area contributed by atoms with E-state index < -0.39 is 48.5 Å². The third kappa shape index (κ3) is 4.45. The molecule has 1 aliphatic rings. The molecule has 0 spiro atoms. The molecule has 0 amide bonds. The largest absolute Gasteiger partial charge is 0.508 e. The molecule has 2 heterocycles. The zero-order valence-electron chi connectivity index (χ0n) is 18.6. The van der Waals surface area contributed by atoms with Gasteiger partial charge >= 0.3 is 0 Å². The van der Waals surface area contributed by atoms with Gasteiger partial charge in [0.05, 0.1) is 20.8 Å². The Labute approximate surface area is 197 Å². The molecule has 0 radical (unpaired) electrons. The van der Waals surface area contributed by atoms with Crippen LogP contribution in [0.5, 0.6) is 28.7 Å². The number of aliphatic hydroxyl groups excluding tert-OH is 4. The number of hydrogen-bond donors (Lipinski definition) is 6. The molecule has 12 heteroatoms. The zero-order chi connectivity index (χ0) is 25.4. The van der Waals surface area contributed by atoms with Gasteiger partial charge in [0.2, 0.25) is 12.0 Å². The fourth-order valence-corrected chi connectivity index (χ4v) is 3.82. The molecule has 3 aromatic rings. The molecule has 0 aliphatic carbocycles. The maximum atomic E-state index is 12.6. The van der Waals surface area contributed by atoms with Crippen LogP contribution >= 0.6 is 0 Å². The second-order valence-corrected chi connectivity index (χ2v) is 7.84. The van der Waals surface area contributed by atoms with Crippen LogP contribution in [0.2, 0.25) is 0 Å². The molecule has 2 aromatic carbocycles. The van der Waals surface area contributed by atoms with E-state index in [1.54, 1.807) is 0 Å². The van der Waals surface area contributed by atoms with Crippen molar-refractivity contribution >= 4 is 11.0 Å². The number of fused-ring (bicyclic) bond motifs is 1. The lowest BCUT2D eigenvalue weighted by Gasteiger charge is -2.39. The van der Waals surface area contributed by atoms with Gasteiger partial charge in [-0.15, -0.1) is 0 Å². The topological polar surface area (TPSA) is 189 Å². The number of aliphatic hydroxyl groups is 4. The Morgan fingerprint density at radius 3 is 2.17 bits per heavy atom. The predicted molar refractivity (Wildman–Crippen MR) is 119 cm³/mol. The minimum atomic E-state index is -1.67. The quantitative estimate of drug-likeness (QED) is 0.272. The molecule has 35 heavy (non-hydrogen) atoms. The van der Waals surface area contributed by atoms with Gasteiger partial charge in [0.1, 0.15) is 52.6 Å². The molecule has 1 saturated heterocycles. The monoisotopic (exact) mass is 492 g/mol. The Balaban J connectivity index is 1.76. The van der Waals surface area contributed by atoms with Gasteiger partial charge in [-0.25, -0.2) is 0 Å². The van der Waals surface area contributed by atoms with Gasteiger partial charge in [-0.3, -0.25) is 4.79 Å². The predicted octanol–water partition coefficient (Wildman–Crippen LogP) is 0.0671. The zero-order valence-corrected chi connectivity index (χ0v) is 18.6. The second-order valence-electron chi connectivity index (χ2n) is 7.84. The maximum absolute atomic E-state index is 12.6. The Kier molecular flexibility index (Phi) is 6.74. The van der Waals surface area contributed by atoms with Crippen LogP contribution in [0.4, 0.5) is 0 Å². The normalized spacial score (nSPS) is 24.3. The molecular weight excluding hydrogens is 468 g/mol. The molecule has 188 valence electrons. The average Bonchev–Trinajstić information content (AvgIpc) is 2.83. The van der Waals surface area contributed by atoms with E-state index in [1.807, 2.05) is 0 Å². The van der Waals surface area contributed by atoms with Crippen molar-refractivity contribution < 1.29 is 54.0 Å². The van der Waals surface area contributed by atoms with Crippen LogP contribution in [0.3, 0.4) is 0 Å². The van der Waals surface area contributed by atoms with Crippen LogP contribution < -0.4 is 19.6 Å². The van der Waals surface area contributed by atoms with Crippen molar-refractivity contribution in [3.63, 3.8) is 0 Å². The van der Waals surface area contributed by atoms with Gasteiger partial charge < -0.3 is 54.0 Å². The number of benzene rings is 2. The number of methoxy groups -OCH3 is 2. The van der Waals surface area contributed by atoms with E-state index in [0.29, 0.717) is 5.56 Å². The number of phenolic OH excluding ortho intramolecular Hbond substituents is 2. The Hall–Kier alpha value is -3.55. The number of phenols is 2. The van der Waals surface area contributed by atoms with Gasteiger partial charge in [0, 0.05) is 23.8 Å². The smallest absolute Gasteiger partial charge is 0.229 e. The minimum Gasteiger partial charge on any atom is -0.508 e. The van der Waals surface area contributed by atoms with Crippen LogP contribution in [-0.2, 0) is 4.74 Å². The van der Waals surface area contributed by atoms with Gasteiger partial charge in [0.25, 0.3) is 0 Å². The lowest BCUT2D eigenvalue weighted by Crippen LogP contribution is -2.60. The molecule has 6 N–H and O–H groups in total. The van der Waals surface area contributed by atoms with E-state index in [2.05, 4.69) is 0 Å². The summed E-state index contributed by atoms with van der Waals surface area (Å²) in [5.41, 5.74) is -0.301. The summed E-state index contributed by atoms with van der Waals surface area (Å²) in [6.45, 7) is -0.635. The van der Waals surface area contributed by atoms with E-state index >= 15 is 0 Å². The highest BCUT2D eigenvalue weighted by Crippen LogP contribution is 2.43. The van der Waals surface area contributed by atoms with Crippen molar-refractivity contribution in [2.24, 2.45) is 0 Å². The van der Waals surface area contributed by atoms with Gasteiger partial charge in [-0.05, 0) is 12.1 Å². The van der Waals surface area contributed by atoms with E-state index in [9.17, 15) is 35.4 Å². The first-order chi connectivity index (χ1) is 16.7. The van der Waals surface area contributed by atoms with E-state index in [0.717, 1.165) is 12.1 Å². The van der Waals surface area contributed by atoms with Crippen LogP contribution in [0, 0.1) is 0 Å². The van der Waals surface area contributed by atoms with Gasteiger partial charge in [0.15, 0.2) is 16.9 Å². The van der Waals surface area contributed by atoms with Crippen LogP contribution in [0.15, 0.2) is 39.5 Å². The molecule has 1 aromatic heterocycles. The molecule has 1 fully saturated rings. The average molecular weight is 492 g/mol. The number of ether oxygens (including phenoxy) is 4. The lowest BCUT2D eigenvalue weighted by molar-refractivity contribution is -0.277. The molecular formula is C23H24O12. The Morgan fingerprint density at radius 2 is 1.57 bits per heavy atom. The highest BCUT2D eigenvalue weighted by atomic mass is 16.7. The molecule has 12 nitrogen and oxygen atoms in total. The fraction of sp³-hybridized carbons (Fsp3) is 0.348. The first kappa shape index (κ1) is 24.6. The molecule has 0 bridgehead atoms. The van der Waals surface area contributed by atoms with Crippen molar-refractivity contribution in [2.75, 3.05) is 20.8 Å². The van der Waals surface area contributed by atoms with Crippen molar-refractivity contribution in [3.05, 3.63) is 40.6 Å². The summed E-state index contributed by atoms with van der Waals surface area (Å²) in [6.07, 6.45) is -7.56. The van der Waals surface area contributed by atoms with Crippen molar-refractivity contribution in [1.29, 1.82) is 0 Å². The van der Waals surface area contributed by atoms with Gasteiger partial charge in [-0.2, -0.15) is 0 Å². The third-order valence-corrected chi connectivity index (χ3v) is 5.62. The molecule has 0 unspecified atom stereocenters. The summed E-state index contributed by atoms with van der Waals surface area (Å²) in [7, 11) is 2.65. The summed E-state index contributed by atoms with van der Waals surface area (Å²) in [4.78, 5) is 12.6. The number of aromatic hydroxyl groups is 2. The molecule has 0 saturated carbocycles. The lowest BCUT2D eigenvalue weighted by atomic mass is 9.99. The highest BCUT2D eigenvalue weighted by Gasteiger charge is 2.45. The molecule has 4 rings (SSSR count). The summed E-state index contributed by atoms with van der Waals surface area (Å²) in [5.74, 6) is -0.576. The van der Waals surface area contributed by atoms with Crippen molar-refractivity contribution in [1.82, 2.24) is 0 Å². The van der Waals surface area contributed by atoms with E-state index in [4.69, 9.17) is 23.4 Å². The Morgan fingerprint density at radius 1 is 0.914 bits per heavy atom. The first-order valence-electron chi connectivity index (χ1n) is 10.4. The molecule has 5 atom stereocenters. The summed E-state index contributed by atoms with van der Waals surface area (Å²) < 4.78 is 27.6. The number of hydrogen-bond acceptors (Lipinski definition) is 12. The van der Waals surface area contributed by atoms with Crippen LogP contribution in [0.1, 0.15) is 0 Å². The number of rotatable bonds is 6. The fourth-order valence-electron chi connectivity index (χ4n) is 3.82. The highest BCUT2D eigenvalue weighted by molar-refractivity contribution is 5.86. The molecule has 1 aliphatic heterocycles. The first-order valence-corrected chi connectivity index (χ1v) is 10.4. The maximum Gasteiger partial charge on any atom is 0.229 e. The minimum absolute atomic E-state index is 0.0403.